The average Bonchev–Trinajstić information content (AvgIpc) is 2.49. The van der Waals surface area contributed by atoms with Gasteiger partial charge in [0.15, 0.2) is 0 Å². The predicted molar refractivity (Wildman–Crippen MR) is 81.9 cm³/mol. The number of hydrogen-bond donors (Lipinski definition) is 0. The summed E-state index contributed by atoms with van der Waals surface area (Å²) in [5.41, 5.74) is 2.76. The maximum atomic E-state index is 6.23. The van der Waals surface area contributed by atoms with Gasteiger partial charge in [0.1, 0.15) is 11.0 Å². The Bertz CT molecular complexity index is 779. The van der Waals surface area contributed by atoms with E-state index in [1.54, 1.807) is 0 Å². The number of benzene rings is 1. The Labute approximate surface area is 122 Å². The van der Waals surface area contributed by atoms with Crippen molar-refractivity contribution in [3.63, 3.8) is 0 Å². The molecular formula is C16H14ClN3. The van der Waals surface area contributed by atoms with Gasteiger partial charge in [-0.15, -0.1) is 0 Å². The van der Waals surface area contributed by atoms with Crippen molar-refractivity contribution in [3.05, 3.63) is 53.2 Å². The molecule has 0 fully saturated rings. The summed E-state index contributed by atoms with van der Waals surface area (Å²) in [6.45, 7) is 3.96. The summed E-state index contributed by atoms with van der Waals surface area (Å²) in [5.74, 6) is 0.753. The minimum absolute atomic E-state index is 0.514. The smallest absolute Gasteiger partial charge is 0.136 e. The van der Waals surface area contributed by atoms with Gasteiger partial charge >= 0.3 is 0 Å². The normalized spacial score (nSPS) is 10.9. The van der Waals surface area contributed by atoms with Crippen LogP contribution in [0.1, 0.15) is 18.3 Å². The zero-order valence-electron chi connectivity index (χ0n) is 11.4. The van der Waals surface area contributed by atoms with E-state index >= 15 is 0 Å². The van der Waals surface area contributed by atoms with Gasteiger partial charge in [0.05, 0.1) is 5.69 Å². The van der Waals surface area contributed by atoms with Gasteiger partial charge in [-0.3, -0.25) is 4.98 Å². The van der Waals surface area contributed by atoms with Crippen molar-refractivity contribution in [3.8, 4) is 11.3 Å². The molecule has 3 aromatic rings. The first-order chi connectivity index (χ1) is 9.70. The average molecular weight is 284 g/mol. The van der Waals surface area contributed by atoms with Gasteiger partial charge in [-0.2, -0.15) is 0 Å². The highest BCUT2D eigenvalue weighted by Crippen LogP contribution is 2.30. The molecule has 0 saturated heterocycles. The van der Waals surface area contributed by atoms with Crippen molar-refractivity contribution in [1.82, 2.24) is 15.0 Å². The molecule has 2 heterocycles. The molecule has 0 spiro atoms. The Morgan fingerprint density at radius 2 is 1.90 bits per heavy atom. The number of aryl methyl sites for hydroxylation is 1. The second-order valence-corrected chi connectivity index (χ2v) is 5.02. The first-order valence-corrected chi connectivity index (χ1v) is 6.94. The maximum Gasteiger partial charge on any atom is 0.136 e. The van der Waals surface area contributed by atoms with E-state index < -0.39 is 0 Å². The van der Waals surface area contributed by atoms with E-state index in [1.807, 2.05) is 44.4 Å². The molecule has 0 atom stereocenters. The molecule has 0 radical (unpaired) electrons. The van der Waals surface area contributed by atoms with Crippen LogP contribution >= 0.6 is 11.6 Å². The molecule has 2 aromatic heterocycles. The summed E-state index contributed by atoms with van der Waals surface area (Å²) in [5, 5.41) is 2.74. The fourth-order valence-corrected chi connectivity index (χ4v) is 2.45. The van der Waals surface area contributed by atoms with E-state index in [0.717, 1.165) is 39.8 Å². The Balaban J connectivity index is 2.33. The second kappa shape index (κ2) is 5.17. The van der Waals surface area contributed by atoms with Gasteiger partial charge in [0.2, 0.25) is 0 Å². The number of fused-ring (bicyclic) bond motifs is 1. The van der Waals surface area contributed by atoms with Gasteiger partial charge in [-0.1, -0.05) is 42.8 Å². The molecule has 1 aromatic carbocycles. The van der Waals surface area contributed by atoms with Gasteiger partial charge in [0, 0.05) is 35.3 Å². The molecule has 3 nitrogen and oxygen atoms in total. The Hall–Kier alpha value is -2.00. The topological polar surface area (TPSA) is 38.7 Å². The largest absolute Gasteiger partial charge is 0.263 e. The number of pyridine rings is 1. The molecular weight excluding hydrogens is 270 g/mol. The number of aromatic nitrogens is 3. The van der Waals surface area contributed by atoms with Crippen LogP contribution in [-0.2, 0) is 6.42 Å². The lowest BCUT2D eigenvalue weighted by atomic mass is 10.0. The molecule has 0 amide bonds. The molecule has 0 unspecified atom stereocenters. The third kappa shape index (κ3) is 2.14. The van der Waals surface area contributed by atoms with E-state index in [0.29, 0.717) is 5.15 Å². The Morgan fingerprint density at radius 1 is 1.10 bits per heavy atom. The summed E-state index contributed by atoms with van der Waals surface area (Å²) in [4.78, 5) is 13.2. The molecule has 0 aliphatic rings. The van der Waals surface area contributed by atoms with E-state index in [2.05, 4.69) is 21.0 Å². The fourth-order valence-electron chi connectivity index (χ4n) is 2.26. The van der Waals surface area contributed by atoms with Crippen molar-refractivity contribution in [2.24, 2.45) is 0 Å². The lowest BCUT2D eigenvalue weighted by Crippen LogP contribution is -2.00. The minimum Gasteiger partial charge on any atom is -0.263 e. The van der Waals surface area contributed by atoms with Gasteiger partial charge in [0.25, 0.3) is 0 Å². The van der Waals surface area contributed by atoms with Crippen molar-refractivity contribution >= 4 is 22.4 Å². The predicted octanol–water partition coefficient (Wildman–Crippen LogP) is 4.22. The number of hydrogen-bond acceptors (Lipinski definition) is 3. The van der Waals surface area contributed by atoms with Crippen molar-refractivity contribution in [1.29, 1.82) is 0 Å². The van der Waals surface area contributed by atoms with Gasteiger partial charge in [-0.25, -0.2) is 9.97 Å². The van der Waals surface area contributed by atoms with Crippen LogP contribution in [-0.4, -0.2) is 15.0 Å². The number of rotatable bonds is 2. The van der Waals surface area contributed by atoms with Crippen LogP contribution in [0.3, 0.4) is 0 Å². The van der Waals surface area contributed by atoms with E-state index in [-0.39, 0.29) is 0 Å². The highest BCUT2D eigenvalue weighted by molar-refractivity contribution is 6.30. The van der Waals surface area contributed by atoms with Gasteiger partial charge < -0.3 is 0 Å². The lowest BCUT2D eigenvalue weighted by molar-refractivity contribution is 0.934. The molecule has 3 rings (SSSR count). The van der Waals surface area contributed by atoms with Crippen LogP contribution in [0.25, 0.3) is 22.0 Å². The number of halogens is 1. The van der Waals surface area contributed by atoms with Crippen LogP contribution in [0.2, 0.25) is 5.15 Å². The lowest BCUT2D eigenvalue weighted by Gasteiger charge is -2.10. The Kier molecular flexibility index (Phi) is 3.36. The standard InChI is InChI=1S/C16H14ClN3/c1-3-14-19-15(10(2)16(17)20-14)13-9-18-8-11-6-4-5-7-12(11)13/h4-9H,3H2,1-2H3. The van der Waals surface area contributed by atoms with Crippen LogP contribution in [0.15, 0.2) is 36.7 Å². The van der Waals surface area contributed by atoms with Crippen LogP contribution in [0.5, 0.6) is 0 Å². The zero-order chi connectivity index (χ0) is 14.1. The van der Waals surface area contributed by atoms with E-state index in [1.165, 1.54) is 0 Å². The highest BCUT2D eigenvalue weighted by atomic mass is 35.5. The third-order valence-electron chi connectivity index (χ3n) is 3.37. The third-order valence-corrected chi connectivity index (χ3v) is 3.74. The van der Waals surface area contributed by atoms with Crippen LogP contribution in [0.4, 0.5) is 0 Å². The first kappa shape index (κ1) is 13.0. The van der Waals surface area contributed by atoms with Crippen LogP contribution < -0.4 is 0 Å². The zero-order valence-corrected chi connectivity index (χ0v) is 12.1. The molecule has 0 N–H and O–H groups in total. The second-order valence-electron chi connectivity index (χ2n) is 4.67. The Morgan fingerprint density at radius 3 is 2.70 bits per heavy atom. The first-order valence-electron chi connectivity index (χ1n) is 6.57. The van der Waals surface area contributed by atoms with E-state index in [9.17, 15) is 0 Å². The van der Waals surface area contributed by atoms with E-state index in [4.69, 9.17) is 11.6 Å². The summed E-state index contributed by atoms with van der Waals surface area (Å²) in [6.07, 6.45) is 4.45. The minimum atomic E-state index is 0.514. The van der Waals surface area contributed by atoms with Crippen molar-refractivity contribution < 1.29 is 0 Å². The molecule has 20 heavy (non-hydrogen) atoms. The van der Waals surface area contributed by atoms with Gasteiger partial charge in [-0.05, 0) is 12.3 Å². The molecule has 100 valence electrons. The molecule has 0 bridgehead atoms. The monoisotopic (exact) mass is 283 g/mol. The summed E-state index contributed by atoms with van der Waals surface area (Å²) >= 11 is 6.23. The summed E-state index contributed by atoms with van der Waals surface area (Å²) < 4.78 is 0. The highest BCUT2D eigenvalue weighted by Gasteiger charge is 2.13. The summed E-state index contributed by atoms with van der Waals surface area (Å²) in [7, 11) is 0. The summed E-state index contributed by atoms with van der Waals surface area (Å²) in [6, 6.07) is 8.15. The molecule has 0 saturated carbocycles. The SMILES string of the molecule is CCc1nc(Cl)c(C)c(-c2cncc3ccccc23)n1. The van der Waals surface area contributed by atoms with Crippen LogP contribution in [0, 0.1) is 6.92 Å². The maximum absolute atomic E-state index is 6.23. The molecule has 0 aliphatic heterocycles. The quantitative estimate of drug-likeness (QED) is 0.661. The van der Waals surface area contributed by atoms with Crippen molar-refractivity contribution in [2.45, 2.75) is 20.3 Å². The number of nitrogens with zero attached hydrogens (tertiary/aromatic N) is 3. The fraction of sp³-hybridized carbons (Fsp3) is 0.188. The molecule has 0 aliphatic carbocycles. The molecule has 4 heteroatoms. The van der Waals surface area contributed by atoms with Crippen molar-refractivity contribution in [2.75, 3.05) is 0 Å².